The van der Waals surface area contributed by atoms with Crippen molar-refractivity contribution in [3.05, 3.63) is 66.0 Å². The van der Waals surface area contributed by atoms with Crippen LogP contribution < -0.4 is 15.4 Å². The van der Waals surface area contributed by atoms with Gasteiger partial charge in [-0.3, -0.25) is 9.89 Å². The van der Waals surface area contributed by atoms with Crippen LogP contribution in [0.1, 0.15) is 24.2 Å². The van der Waals surface area contributed by atoms with Crippen LogP contribution >= 0.6 is 0 Å². The van der Waals surface area contributed by atoms with E-state index in [1.807, 2.05) is 13.8 Å². The standard InChI is InChI=1S/C21H22FN5O2/c1-13(2)23-21(25-20(28)15-5-4-6-17(11-15)29-3)24-19-12-18(26-27-19)14-7-9-16(22)10-8-14/h4-13H,1-3H3,(H3,23,24,25,26,27,28). The van der Waals surface area contributed by atoms with Crippen LogP contribution in [0.2, 0.25) is 0 Å². The topological polar surface area (TPSA) is 91.4 Å². The van der Waals surface area contributed by atoms with Gasteiger partial charge in [-0.05, 0) is 56.3 Å². The first-order valence-electron chi connectivity index (χ1n) is 9.06. The molecule has 150 valence electrons. The van der Waals surface area contributed by atoms with E-state index in [2.05, 4.69) is 25.8 Å². The molecule has 1 aromatic heterocycles. The molecule has 0 aliphatic carbocycles. The van der Waals surface area contributed by atoms with Gasteiger partial charge in [0.05, 0.1) is 12.8 Å². The highest BCUT2D eigenvalue weighted by Gasteiger charge is 2.11. The third kappa shape index (κ3) is 5.41. The van der Waals surface area contributed by atoms with Crippen molar-refractivity contribution in [3.63, 3.8) is 0 Å². The number of nitrogens with one attached hydrogen (secondary N) is 3. The van der Waals surface area contributed by atoms with Crippen molar-refractivity contribution >= 4 is 17.7 Å². The number of hydrogen-bond donors (Lipinski definition) is 3. The van der Waals surface area contributed by atoms with E-state index in [9.17, 15) is 9.18 Å². The molecule has 29 heavy (non-hydrogen) atoms. The summed E-state index contributed by atoms with van der Waals surface area (Å²) >= 11 is 0. The number of H-pyrrole nitrogens is 1. The molecule has 0 spiro atoms. The van der Waals surface area contributed by atoms with Crippen molar-refractivity contribution in [2.75, 3.05) is 12.4 Å². The number of carbonyl (C=O) groups is 1. The van der Waals surface area contributed by atoms with Gasteiger partial charge < -0.3 is 15.4 Å². The van der Waals surface area contributed by atoms with E-state index in [0.717, 1.165) is 5.56 Å². The minimum absolute atomic E-state index is 0.0406. The van der Waals surface area contributed by atoms with Gasteiger partial charge in [0.1, 0.15) is 17.4 Å². The van der Waals surface area contributed by atoms with E-state index in [-0.39, 0.29) is 17.8 Å². The number of guanidine groups is 1. The Bertz CT molecular complexity index is 1010. The molecule has 7 nitrogen and oxygen atoms in total. The summed E-state index contributed by atoms with van der Waals surface area (Å²) in [5.74, 6) is 0.666. The zero-order valence-electron chi connectivity index (χ0n) is 16.4. The van der Waals surface area contributed by atoms with Crippen molar-refractivity contribution < 1.29 is 13.9 Å². The Kier molecular flexibility index (Phi) is 6.23. The van der Waals surface area contributed by atoms with Crippen molar-refractivity contribution in [1.82, 2.24) is 15.5 Å². The van der Waals surface area contributed by atoms with Gasteiger partial charge in [-0.15, -0.1) is 0 Å². The Morgan fingerprint density at radius 2 is 1.93 bits per heavy atom. The highest BCUT2D eigenvalue weighted by atomic mass is 19.1. The second-order valence-corrected chi connectivity index (χ2v) is 6.60. The molecule has 0 fully saturated rings. The molecule has 0 aliphatic heterocycles. The average molecular weight is 395 g/mol. The van der Waals surface area contributed by atoms with Crippen molar-refractivity contribution in [3.8, 4) is 17.0 Å². The molecule has 0 aliphatic rings. The number of carbonyl (C=O) groups excluding carboxylic acids is 1. The normalized spacial score (nSPS) is 11.4. The number of anilines is 1. The lowest BCUT2D eigenvalue weighted by atomic mass is 10.1. The molecule has 0 saturated carbocycles. The van der Waals surface area contributed by atoms with Crippen LogP contribution in [-0.4, -0.2) is 35.2 Å². The first-order valence-corrected chi connectivity index (χ1v) is 9.06. The first kappa shape index (κ1) is 20.1. The van der Waals surface area contributed by atoms with Gasteiger partial charge in [0, 0.05) is 23.2 Å². The fraction of sp³-hybridized carbons (Fsp3) is 0.190. The number of aliphatic imine (C=N–C) groups is 1. The smallest absolute Gasteiger partial charge is 0.280 e. The van der Waals surface area contributed by atoms with Crippen LogP contribution in [0.15, 0.2) is 59.6 Å². The zero-order valence-corrected chi connectivity index (χ0v) is 16.4. The Labute approximate surface area is 168 Å². The molecule has 8 heteroatoms. The fourth-order valence-corrected chi connectivity index (χ4v) is 2.57. The molecule has 0 atom stereocenters. The third-order valence-electron chi connectivity index (χ3n) is 3.93. The van der Waals surface area contributed by atoms with E-state index in [0.29, 0.717) is 22.8 Å². The van der Waals surface area contributed by atoms with Crippen LogP contribution in [0.5, 0.6) is 5.75 Å². The molecule has 1 amide bonds. The third-order valence-corrected chi connectivity index (χ3v) is 3.93. The number of rotatable bonds is 5. The predicted molar refractivity (Wildman–Crippen MR) is 111 cm³/mol. The zero-order chi connectivity index (χ0) is 20.8. The Morgan fingerprint density at radius 3 is 2.62 bits per heavy atom. The monoisotopic (exact) mass is 395 g/mol. The van der Waals surface area contributed by atoms with E-state index in [1.165, 1.54) is 19.2 Å². The minimum Gasteiger partial charge on any atom is -0.497 e. The Morgan fingerprint density at radius 1 is 1.17 bits per heavy atom. The molecule has 0 saturated heterocycles. The highest BCUT2D eigenvalue weighted by Crippen LogP contribution is 2.20. The highest BCUT2D eigenvalue weighted by molar-refractivity contribution is 6.06. The Hall–Kier alpha value is -3.68. The molecule has 3 aromatic rings. The van der Waals surface area contributed by atoms with E-state index < -0.39 is 5.91 Å². The number of halogens is 1. The molecule has 2 aromatic carbocycles. The quantitative estimate of drug-likeness (QED) is 0.451. The van der Waals surface area contributed by atoms with Crippen molar-refractivity contribution in [2.24, 2.45) is 4.99 Å². The maximum atomic E-state index is 13.1. The first-order chi connectivity index (χ1) is 13.9. The molecule has 1 heterocycles. The van der Waals surface area contributed by atoms with Gasteiger partial charge >= 0.3 is 0 Å². The van der Waals surface area contributed by atoms with Crippen molar-refractivity contribution in [1.29, 1.82) is 0 Å². The summed E-state index contributed by atoms with van der Waals surface area (Å²) in [6.45, 7) is 3.87. The van der Waals surface area contributed by atoms with E-state index in [4.69, 9.17) is 4.74 Å². The lowest BCUT2D eigenvalue weighted by Crippen LogP contribution is -2.36. The number of aromatic amines is 1. The van der Waals surface area contributed by atoms with E-state index >= 15 is 0 Å². The number of hydrogen-bond acceptors (Lipinski definition) is 3. The molecule has 3 rings (SSSR count). The summed E-state index contributed by atoms with van der Waals surface area (Å²) in [6, 6.07) is 14.6. The van der Waals surface area contributed by atoms with Crippen LogP contribution in [0.4, 0.5) is 10.2 Å². The van der Waals surface area contributed by atoms with Gasteiger partial charge in [-0.25, -0.2) is 4.39 Å². The second kappa shape index (κ2) is 9.01. The maximum Gasteiger partial charge on any atom is 0.280 e. The number of amides is 1. The largest absolute Gasteiger partial charge is 0.497 e. The SMILES string of the molecule is COc1cccc(C(=O)/N=C(\Nc2cc(-c3ccc(F)cc3)n[nH]2)NC(C)C)c1. The predicted octanol–water partition coefficient (Wildman–Crippen LogP) is 3.83. The van der Waals surface area contributed by atoms with Crippen LogP contribution in [0.3, 0.4) is 0 Å². The summed E-state index contributed by atoms with van der Waals surface area (Å²) in [4.78, 5) is 16.7. The van der Waals surface area contributed by atoms with Crippen LogP contribution in [0.25, 0.3) is 11.3 Å². The molecular formula is C21H22FN5O2. The number of methoxy groups -OCH3 is 1. The summed E-state index contributed by atoms with van der Waals surface area (Å²) in [7, 11) is 1.54. The molecule has 0 unspecified atom stereocenters. The number of nitrogens with zero attached hydrogens (tertiary/aromatic N) is 2. The van der Waals surface area contributed by atoms with Gasteiger partial charge in [-0.1, -0.05) is 6.07 Å². The fourth-order valence-electron chi connectivity index (χ4n) is 2.57. The molecular weight excluding hydrogens is 373 g/mol. The molecule has 0 radical (unpaired) electrons. The summed E-state index contributed by atoms with van der Waals surface area (Å²) in [5.41, 5.74) is 1.81. The Balaban J connectivity index is 1.81. The summed E-state index contributed by atoms with van der Waals surface area (Å²) < 4.78 is 18.3. The second-order valence-electron chi connectivity index (χ2n) is 6.60. The minimum atomic E-state index is -0.419. The maximum absolute atomic E-state index is 13.1. The number of ether oxygens (including phenoxy) is 1. The average Bonchev–Trinajstić information content (AvgIpc) is 3.16. The van der Waals surface area contributed by atoms with E-state index in [1.54, 1.807) is 42.5 Å². The van der Waals surface area contributed by atoms with Gasteiger partial charge in [0.15, 0.2) is 0 Å². The van der Waals surface area contributed by atoms with Gasteiger partial charge in [0.25, 0.3) is 5.91 Å². The lowest BCUT2D eigenvalue weighted by Gasteiger charge is -2.13. The van der Waals surface area contributed by atoms with Crippen molar-refractivity contribution in [2.45, 2.75) is 19.9 Å². The molecule has 3 N–H and O–H groups in total. The summed E-state index contributed by atoms with van der Waals surface area (Å²) in [5, 5.41) is 13.2. The van der Waals surface area contributed by atoms with Gasteiger partial charge in [-0.2, -0.15) is 10.1 Å². The molecule has 0 bridgehead atoms. The van der Waals surface area contributed by atoms with Crippen LogP contribution in [0, 0.1) is 5.82 Å². The lowest BCUT2D eigenvalue weighted by molar-refractivity contribution is 0.100. The van der Waals surface area contributed by atoms with Crippen LogP contribution in [-0.2, 0) is 0 Å². The number of benzene rings is 2. The summed E-state index contributed by atoms with van der Waals surface area (Å²) in [6.07, 6.45) is 0. The van der Waals surface area contributed by atoms with Gasteiger partial charge in [0.2, 0.25) is 5.96 Å². The number of aromatic nitrogens is 2.